The first kappa shape index (κ1) is 31.9. The lowest BCUT2D eigenvalue weighted by Gasteiger charge is -2.32. The zero-order valence-corrected chi connectivity index (χ0v) is 32.2. The number of nitrogens with one attached hydrogen (secondary N) is 1. The third kappa shape index (κ3) is 4.26. The predicted octanol–water partition coefficient (Wildman–Crippen LogP) is 15.2. The molecule has 11 aromatic rings. The van der Waals surface area contributed by atoms with Crippen LogP contribution in [-0.2, 0) is 5.41 Å². The Morgan fingerprint density at radius 1 is 0.379 bits per heavy atom. The minimum Gasteiger partial charge on any atom is -0.354 e. The number of H-pyrrole nitrogens is 1. The van der Waals surface area contributed by atoms with Crippen molar-refractivity contribution in [1.82, 2.24) is 4.98 Å². The van der Waals surface area contributed by atoms with Crippen molar-refractivity contribution in [1.29, 1.82) is 0 Å². The lowest BCUT2D eigenvalue weighted by molar-refractivity contribution is 0.793. The van der Waals surface area contributed by atoms with Crippen LogP contribution in [0.15, 0.2) is 200 Å². The van der Waals surface area contributed by atoms with E-state index in [-0.39, 0.29) is 0 Å². The predicted molar refractivity (Wildman–Crippen MR) is 245 cm³/mol. The van der Waals surface area contributed by atoms with Gasteiger partial charge in [0, 0.05) is 53.5 Å². The molecule has 1 N–H and O–H groups in total. The Morgan fingerprint density at radius 3 is 1.66 bits per heavy atom. The number of nitrogens with zero attached hydrogens (tertiary/aromatic N) is 1. The van der Waals surface area contributed by atoms with Gasteiger partial charge in [-0.05, 0) is 104 Å². The van der Waals surface area contributed by atoms with Crippen molar-refractivity contribution in [2.45, 2.75) is 5.41 Å². The normalized spacial score (nSPS) is 13.3. The molecule has 0 saturated heterocycles. The highest BCUT2D eigenvalue weighted by Crippen LogP contribution is 2.63. The highest BCUT2D eigenvalue weighted by Gasteiger charge is 2.51. The van der Waals surface area contributed by atoms with Crippen LogP contribution in [0.5, 0.6) is 0 Å². The van der Waals surface area contributed by atoms with Crippen molar-refractivity contribution in [3.8, 4) is 33.4 Å². The van der Waals surface area contributed by atoms with E-state index in [2.05, 4.69) is 210 Å². The minimum atomic E-state index is -0.423. The molecule has 0 bridgehead atoms. The van der Waals surface area contributed by atoms with Gasteiger partial charge in [-0.25, -0.2) is 0 Å². The first-order chi connectivity index (χ1) is 28.8. The maximum absolute atomic E-state index is 3.92. The number of hydrogen-bond acceptors (Lipinski definition) is 2. The lowest BCUT2D eigenvalue weighted by Crippen LogP contribution is -2.26. The van der Waals surface area contributed by atoms with E-state index in [9.17, 15) is 0 Å². The maximum atomic E-state index is 3.92. The van der Waals surface area contributed by atoms with E-state index in [1.807, 2.05) is 11.3 Å². The number of benzene rings is 9. The SMILES string of the molecule is c1ccc(-c2ccc(N(c3ccc4c(c3)C3(c5ccccc5-c5ccccc53)c3ccccc3-4)c3ccc4c(c3)[nH]c3c4ccc4sc5ccccc5c43)cc2)cc1. The minimum absolute atomic E-state index is 0.423. The van der Waals surface area contributed by atoms with Gasteiger partial charge in [0.05, 0.1) is 10.9 Å². The third-order valence-corrected chi connectivity index (χ3v) is 14.0. The molecule has 0 unspecified atom stereocenters. The van der Waals surface area contributed by atoms with Crippen LogP contribution in [0.1, 0.15) is 22.3 Å². The van der Waals surface area contributed by atoms with Gasteiger partial charge in [0.25, 0.3) is 0 Å². The summed E-state index contributed by atoms with van der Waals surface area (Å²) < 4.78 is 2.63. The van der Waals surface area contributed by atoms with E-state index in [0.29, 0.717) is 0 Å². The van der Waals surface area contributed by atoms with Crippen LogP contribution in [0.4, 0.5) is 17.1 Å². The second kappa shape index (κ2) is 11.9. The molecule has 2 aliphatic carbocycles. The molecule has 0 fully saturated rings. The van der Waals surface area contributed by atoms with Crippen LogP contribution >= 0.6 is 11.3 Å². The van der Waals surface area contributed by atoms with Gasteiger partial charge in [0.15, 0.2) is 0 Å². The molecular weight excluding hydrogens is 721 g/mol. The van der Waals surface area contributed by atoms with Crippen LogP contribution in [0, 0.1) is 0 Å². The molecule has 1 spiro atoms. The summed E-state index contributed by atoms with van der Waals surface area (Å²) in [5, 5.41) is 5.11. The van der Waals surface area contributed by atoms with Gasteiger partial charge in [-0.3, -0.25) is 0 Å². The quantitative estimate of drug-likeness (QED) is 0.190. The first-order valence-corrected chi connectivity index (χ1v) is 20.8. The fourth-order valence-corrected chi connectivity index (χ4v) is 11.5. The van der Waals surface area contributed by atoms with Gasteiger partial charge in [0.2, 0.25) is 0 Å². The Balaban J connectivity index is 1.05. The summed E-state index contributed by atoms with van der Waals surface area (Å²) in [5.41, 5.74) is 18.3. The molecule has 0 saturated carbocycles. The van der Waals surface area contributed by atoms with E-state index in [1.54, 1.807) is 0 Å². The number of anilines is 3. The summed E-state index contributed by atoms with van der Waals surface area (Å²) in [4.78, 5) is 6.37. The first-order valence-electron chi connectivity index (χ1n) is 20.0. The fourth-order valence-electron chi connectivity index (χ4n) is 10.4. The number of rotatable bonds is 4. The molecule has 2 aromatic heterocycles. The summed E-state index contributed by atoms with van der Waals surface area (Å²) in [5.74, 6) is 0. The third-order valence-electron chi connectivity index (χ3n) is 12.8. The summed E-state index contributed by atoms with van der Waals surface area (Å²) in [6.07, 6.45) is 0. The van der Waals surface area contributed by atoms with Crippen LogP contribution in [0.3, 0.4) is 0 Å². The van der Waals surface area contributed by atoms with E-state index >= 15 is 0 Å². The van der Waals surface area contributed by atoms with Gasteiger partial charge in [-0.2, -0.15) is 0 Å². The Labute approximate surface area is 339 Å². The number of thiophene rings is 1. The Morgan fingerprint density at radius 2 is 0.931 bits per heavy atom. The molecule has 2 nitrogen and oxygen atoms in total. The monoisotopic (exact) mass is 754 g/mol. The number of aromatic amines is 1. The van der Waals surface area contributed by atoms with Gasteiger partial charge >= 0.3 is 0 Å². The molecule has 0 amide bonds. The molecule has 2 aliphatic rings. The van der Waals surface area contributed by atoms with Gasteiger partial charge in [-0.1, -0.05) is 152 Å². The smallest absolute Gasteiger partial charge is 0.0726 e. The second-order valence-electron chi connectivity index (χ2n) is 15.7. The van der Waals surface area contributed by atoms with Crippen molar-refractivity contribution in [2.24, 2.45) is 0 Å². The molecule has 0 radical (unpaired) electrons. The highest BCUT2D eigenvalue weighted by molar-refractivity contribution is 7.26. The van der Waals surface area contributed by atoms with Crippen molar-refractivity contribution < 1.29 is 0 Å². The zero-order chi connectivity index (χ0) is 38.0. The van der Waals surface area contributed by atoms with Gasteiger partial charge in [0.1, 0.15) is 0 Å². The second-order valence-corrected chi connectivity index (χ2v) is 16.8. The summed E-state index contributed by atoms with van der Waals surface area (Å²) in [6, 6.07) is 74.3. The van der Waals surface area contributed by atoms with E-state index in [1.165, 1.54) is 92.1 Å². The number of aromatic nitrogens is 1. The molecular formula is C55H34N2S. The average molecular weight is 755 g/mol. The molecule has 58 heavy (non-hydrogen) atoms. The molecule has 270 valence electrons. The largest absolute Gasteiger partial charge is 0.354 e. The Bertz CT molecular complexity index is 3400. The van der Waals surface area contributed by atoms with Crippen LogP contribution in [0.25, 0.3) is 75.4 Å². The Hall–Kier alpha value is -7.20. The lowest BCUT2D eigenvalue weighted by atomic mass is 9.70. The summed E-state index contributed by atoms with van der Waals surface area (Å²) in [6.45, 7) is 0. The van der Waals surface area contributed by atoms with E-state index in [4.69, 9.17) is 0 Å². The number of fused-ring (bicyclic) bond motifs is 17. The summed E-state index contributed by atoms with van der Waals surface area (Å²) >= 11 is 1.86. The average Bonchev–Trinajstić information content (AvgIpc) is 4.02. The van der Waals surface area contributed by atoms with Crippen molar-refractivity contribution in [3.05, 3.63) is 222 Å². The van der Waals surface area contributed by atoms with Crippen molar-refractivity contribution in [2.75, 3.05) is 4.90 Å². The maximum Gasteiger partial charge on any atom is 0.0726 e. The van der Waals surface area contributed by atoms with Crippen LogP contribution in [-0.4, -0.2) is 4.98 Å². The van der Waals surface area contributed by atoms with Crippen molar-refractivity contribution in [3.63, 3.8) is 0 Å². The topological polar surface area (TPSA) is 19.0 Å². The molecule has 2 heterocycles. The number of hydrogen-bond donors (Lipinski definition) is 1. The van der Waals surface area contributed by atoms with E-state index < -0.39 is 5.41 Å². The fraction of sp³-hybridized carbons (Fsp3) is 0.0182. The molecule has 9 aromatic carbocycles. The zero-order valence-electron chi connectivity index (χ0n) is 31.4. The standard InChI is InChI=1S/C55H34N2S/c1-2-12-34(13-3-1)35-22-24-36(25-23-35)57(38-27-29-43-44-30-31-52-53(54(44)56-50(43)33-38)45-17-7-11-21-51(45)58-52)37-26-28-42-41-16-6-10-20-48(41)55(49(42)32-37)46-18-8-4-14-39(46)40-15-5-9-19-47(40)55/h1-33,56H. The van der Waals surface area contributed by atoms with Crippen LogP contribution < -0.4 is 4.90 Å². The van der Waals surface area contributed by atoms with Gasteiger partial charge in [-0.15, -0.1) is 11.3 Å². The Kier molecular flexibility index (Phi) is 6.56. The molecule has 0 aliphatic heterocycles. The molecule has 3 heteroatoms. The highest BCUT2D eigenvalue weighted by atomic mass is 32.1. The van der Waals surface area contributed by atoms with Gasteiger partial charge < -0.3 is 9.88 Å². The molecule has 0 atom stereocenters. The summed E-state index contributed by atoms with van der Waals surface area (Å²) in [7, 11) is 0. The molecule has 13 rings (SSSR count). The van der Waals surface area contributed by atoms with Crippen molar-refractivity contribution >= 4 is 70.4 Å². The van der Waals surface area contributed by atoms with Crippen LogP contribution in [0.2, 0.25) is 0 Å². The van der Waals surface area contributed by atoms with E-state index in [0.717, 1.165) is 22.6 Å².